The molecule has 2 aromatic carbocycles. The van der Waals surface area contributed by atoms with Crippen LogP contribution >= 0.6 is 11.3 Å². The minimum atomic E-state index is 0.324. The fourth-order valence-electron chi connectivity index (χ4n) is 4.05. The van der Waals surface area contributed by atoms with Crippen LogP contribution in [0, 0.1) is 0 Å². The fourth-order valence-corrected chi connectivity index (χ4v) is 4.84. The smallest absolute Gasteiger partial charge is 0.119 e. The quantitative estimate of drug-likeness (QED) is 0.475. The number of anilines is 1. The van der Waals surface area contributed by atoms with Gasteiger partial charge < -0.3 is 15.0 Å². The molecular formula is C22H20N2OS. The van der Waals surface area contributed by atoms with Crippen molar-refractivity contribution in [2.75, 3.05) is 12.4 Å². The van der Waals surface area contributed by atoms with E-state index >= 15 is 0 Å². The number of H-pyrrole nitrogens is 1. The lowest BCUT2D eigenvalue weighted by Gasteiger charge is -2.33. The molecule has 2 atom stereocenters. The van der Waals surface area contributed by atoms with Crippen molar-refractivity contribution >= 4 is 27.9 Å². The number of hydrogen-bond acceptors (Lipinski definition) is 3. The number of thiophene rings is 1. The summed E-state index contributed by atoms with van der Waals surface area (Å²) in [5.41, 5.74) is 5.06. The second-order valence-electron chi connectivity index (χ2n) is 6.74. The molecule has 4 aromatic rings. The van der Waals surface area contributed by atoms with Gasteiger partial charge in [0.2, 0.25) is 0 Å². The summed E-state index contributed by atoms with van der Waals surface area (Å²) in [6, 6.07) is 19.6. The maximum atomic E-state index is 5.50. The Morgan fingerprint density at radius 3 is 2.81 bits per heavy atom. The Kier molecular flexibility index (Phi) is 3.71. The highest BCUT2D eigenvalue weighted by atomic mass is 32.1. The van der Waals surface area contributed by atoms with E-state index in [1.54, 1.807) is 7.11 Å². The molecule has 0 saturated heterocycles. The zero-order valence-corrected chi connectivity index (χ0v) is 15.3. The van der Waals surface area contributed by atoms with Gasteiger partial charge in [-0.3, -0.25) is 0 Å². The lowest BCUT2D eigenvalue weighted by atomic mass is 9.81. The predicted molar refractivity (Wildman–Crippen MR) is 108 cm³/mol. The molecule has 5 rings (SSSR count). The summed E-state index contributed by atoms with van der Waals surface area (Å²) in [7, 11) is 1.73. The van der Waals surface area contributed by atoms with Crippen molar-refractivity contribution in [3.63, 3.8) is 0 Å². The van der Waals surface area contributed by atoms with Gasteiger partial charge in [0.25, 0.3) is 0 Å². The summed E-state index contributed by atoms with van der Waals surface area (Å²) in [4.78, 5) is 4.83. The summed E-state index contributed by atoms with van der Waals surface area (Å²) < 4.78 is 5.50. The molecular weight excluding hydrogens is 340 g/mol. The van der Waals surface area contributed by atoms with Gasteiger partial charge in [0, 0.05) is 33.6 Å². The SMILES string of the molecule is COc1ccc2c(c1)[C@@H](c1c[nH]c3ccccc13)C[C@H](c1cccs1)N2. The minimum absolute atomic E-state index is 0.324. The first-order chi connectivity index (χ1) is 12.8. The van der Waals surface area contributed by atoms with Crippen LogP contribution in [0.2, 0.25) is 0 Å². The number of rotatable bonds is 3. The van der Waals surface area contributed by atoms with Gasteiger partial charge in [-0.25, -0.2) is 0 Å². The highest BCUT2D eigenvalue weighted by Crippen LogP contribution is 2.47. The lowest BCUT2D eigenvalue weighted by Crippen LogP contribution is -2.21. The Morgan fingerprint density at radius 1 is 1.04 bits per heavy atom. The average molecular weight is 360 g/mol. The number of methoxy groups -OCH3 is 1. The first-order valence-corrected chi connectivity index (χ1v) is 9.75. The van der Waals surface area contributed by atoms with Crippen molar-refractivity contribution in [1.82, 2.24) is 4.98 Å². The molecule has 0 amide bonds. The van der Waals surface area contributed by atoms with E-state index in [2.05, 4.69) is 70.4 Å². The molecule has 2 N–H and O–H groups in total. The van der Waals surface area contributed by atoms with Crippen molar-refractivity contribution in [2.45, 2.75) is 18.4 Å². The van der Waals surface area contributed by atoms with Crippen LogP contribution in [-0.4, -0.2) is 12.1 Å². The van der Waals surface area contributed by atoms with Crippen LogP contribution in [0.15, 0.2) is 66.2 Å². The maximum Gasteiger partial charge on any atom is 0.119 e. The van der Waals surface area contributed by atoms with Crippen LogP contribution in [0.3, 0.4) is 0 Å². The molecule has 1 aliphatic heterocycles. The Morgan fingerprint density at radius 2 is 1.96 bits per heavy atom. The van der Waals surface area contributed by atoms with Crippen molar-refractivity contribution in [3.05, 3.63) is 82.2 Å². The summed E-state index contributed by atoms with van der Waals surface area (Å²) >= 11 is 1.82. The molecule has 0 aliphatic carbocycles. The van der Waals surface area contributed by atoms with Crippen LogP contribution in [0.5, 0.6) is 5.75 Å². The van der Waals surface area contributed by atoms with Gasteiger partial charge in [-0.2, -0.15) is 0 Å². The van der Waals surface area contributed by atoms with Crippen LogP contribution in [-0.2, 0) is 0 Å². The Labute approximate surface area is 156 Å². The summed E-state index contributed by atoms with van der Waals surface area (Å²) in [6.07, 6.45) is 3.21. The zero-order chi connectivity index (χ0) is 17.5. The second-order valence-corrected chi connectivity index (χ2v) is 7.72. The third-order valence-corrected chi connectivity index (χ3v) is 6.30. The molecule has 26 heavy (non-hydrogen) atoms. The fraction of sp³-hybridized carbons (Fsp3) is 0.182. The van der Waals surface area contributed by atoms with Gasteiger partial charge in [-0.1, -0.05) is 24.3 Å². The van der Waals surface area contributed by atoms with Gasteiger partial charge >= 0.3 is 0 Å². The Hall–Kier alpha value is -2.72. The van der Waals surface area contributed by atoms with Crippen molar-refractivity contribution in [3.8, 4) is 5.75 Å². The van der Waals surface area contributed by atoms with Crippen LogP contribution < -0.4 is 10.1 Å². The summed E-state index contributed by atoms with van der Waals surface area (Å²) in [5.74, 6) is 1.23. The molecule has 0 spiro atoms. The van der Waals surface area contributed by atoms with E-state index in [4.69, 9.17) is 4.74 Å². The normalized spacial score (nSPS) is 19.1. The number of ether oxygens (including phenoxy) is 1. The van der Waals surface area contributed by atoms with Gasteiger partial charge in [0.05, 0.1) is 13.2 Å². The number of nitrogens with one attached hydrogen (secondary N) is 2. The highest BCUT2D eigenvalue weighted by molar-refractivity contribution is 7.10. The third-order valence-electron chi connectivity index (χ3n) is 5.32. The number of fused-ring (bicyclic) bond motifs is 2. The van der Waals surface area contributed by atoms with Gasteiger partial charge in [-0.05, 0) is 53.3 Å². The van der Waals surface area contributed by atoms with Gasteiger partial charge in [-0.15, -0.1) is 11.3 Å². The lowest BCUT2D eigenvalue weighted by molar-refractivity contribution is 0.413. The number of aromatic amines is 1. The Balaban J connectivity index is 1.67. The topological polar surface area (TPSA) is 37.0 Å². The number of para-hydroxylation sites is 1. The summed E-state index contributed by atoms with van der Waals surface area (Å²) in [6.45, 7) is 0. The van der Waals surface area contributed by atoms with E-state index in [1.807, 2.05) is 17.4 Å². The molecule has 3 nitrogen and oxygen atoms in total. The van der Waals surface area contributed by atoms with Gasteiger partial charge in [0.15, 0.2) is 0 Å². The number of aromatic nitrogens is 1. The van der Waals surface area contributed by atoms with Gasteiger partial charge in [0.1, 0.15) is 5.75 Å². The number of hydrogen-bond donors (Lipinski definition) is 2. The molecule has 0 fully saturated rings. The van der Waals surface area contributed by atoms with E-state index in [-0.39, 0.29) is 0 Å². The number of benzene rings is 2. The molecule has 130 valence electrons. The molecule has 0 unspecified atom stereocenters. The first-order valence-electron chi connectivity index (χ1n) is 8.87. The van der Waals surface area contributed by atoms with E-state index in [0.29, 0.717) is 12.0 Å². The molecule has 4 heteroatoms. The van der Waals surface area contributed by atoms with Crippen LogP contribution in [0.25, 0.3) is 10.9 Å². The standard InChI is InChI=1S/C22H20N2OS/c1-25-14-8-9-20-17(11-14)16(12-21(24-20)22-7-4-10-26-22)18-13-23-19-6-3-2-5-15(18)19/h2-11,13,16,21,23-24H,12H2,1H3/t16-,21+/m0/s1. The van der Waals surface area contributed by atoms with E-state index in [1.165, 1.54) is 32.6 Å². The molecule has 1 aliphatic rings. The first kappa shape index (κ1) is 15.5. The summed E-state index contributed by atoms with van der Waals surface area (Å²) in [5, 5.41) is 7.19. The van der Waals surface area contributed by atoms with Crippen molar-refractivity contribution in [1.29, 1.82) is 0 Å². The van der Waals surface area contributed by atoms with Crippen molar-refractivity contribution in [2.24, 2.45) is 0 Å². The van der Waals surface area contributed by atoms with E-state index < -0.39 is 0 Å². The van der Waals surface area contributed by atoms with Crippen molar-refractivity contribution < 1.29 is 4.74 Å². The molecule has 0 saturated carbocycles. The third kappa shape index (κ3) is 2.49. The Bertz CT molecular complexity index is 1050. The largest absolute Gasteiger partial charge is 0.497 e. The molecule has 0 bridgehead atoms. The predicted octanol–water partition coefficient (Wildman–Crippen LogP) is 5.93. The molecule has 0 radical (unpaired) electrons. The maximum absolute atomic E-state index is 5.50. The van der Waals surface area contributed by atoms with E-state index in [0.717, 1.165) is 12.2 Å². The van der Waals surface area contributed by atoms with Crippen LogP contribution in [0.4, 0.5) is 5.69 Å². The van der Waals surface area contributed by atoms with Crippen LogP contribution in [0.1, 0.15) is 34.4 Å². The molecule has 3 heterocycles. The second kappa shape index (κ2) is 6.22. The zero-order valence-electron chi connectivity index (χ0n) is 14.5. The highest BCUT2D eigenvalue weighted by Gasteiger charge is 2.30. The van der Waals surface area contributed by atoms with E-state index in [9.17, 15) is 0 Å². The molecule has 2 aromatic heterocycles. The average Bonchev–Trinajstić information content (AvgIpc) is 3.37. The minimum Gasteiger partial charge on any atom is -0.497 e. The monoisotopic (exact) mass is 360 g/mol.